The molecule has 7 heteroatoms. The Kier molecular flexibility index (Phi) is 4.46. The molecule has 0 aliphatic carbocycles. The van der Waals surface area contributed by atoms with Crippen LogP contribution in [0, 0.1) is 0 Å². The molecular formula is C5H5NaO5S. The molecule has 0 aliphatic heterocycles. The smallest absolute Gasteiger partial charge is 0.746 e. The van der Waals surface area contributed by atoms with E-state index in [1.807, 2.05) is 0 Å². The third-order valence-corrected chi connectivity index (χ3v) is 1.84. The summed E-state index contributed by atoms with van der Waals surface area (Å²) >= 11 is 0. The van der Waals surface area contributed by atoms with Gasteiger partial charge in [0.05, 0.1) is 6.26 Å². The molecule has 1 heterocycles. The average Bonchev–Trinajstić information content (AvgIpc) is 2.34. The second kappa shape index (κ2) is 4.40. The number of aliphatic hydroxyl groups is 1. The van der Waals surface area contributed by atoms with E-state index in [1.54, 1.807) is 0 Å². The molecular weight excluding hydrogens is 195 g/mol. The summed E-state index contributed by atoms with van der Waals surface area (Å²) < 4.78 is 35.0. The Morgan fingerprint density at radius 2 is 2.17 bits per heavy atom. The van der Waals surface area contributed by atoms with Crippen LogP contribution >= 0.6 is 0 Å². The predicted molar refractivity (Wildman–Crippen MR) is 33.4 cm³/mol. The van der Waals surface area contributed by atoms with Crippen LogP contribution in [0.25, 0.3) is 0 Å². The van der Waals surface area contributed by atoms with E-state index in [2.05, 4.69) is 4.42 Å². The molecule has 0 amide bonds. The molecule has 1 aromatic heterocycles. The summed E-state index contributed by atoms with van der Waals surface area (Å²) in [6.07, 6.45) is 1.17. The fourth-order valence-corrected chi connectivity index (χ4v) is 0.993. The van der Waals surface area contributed by atoms with Gasteiger partial charge in [-0.1, -0.05) is 0 Å². The first-order valence-corrected chi connectivity index (χ1v) is 4.15. The van der Waals surface area contributed by atoms with Crippen molar-refractivity contribution in [2.24, 2.45) is 0 Å². The first kappa shape index (κ1) is 12.2. The molecule has 1 rings (SSSR count). The van der Waals surface area contributed by atoms with E-state index in [1.165, 1.54) is 18.4 Å². The molecule has 0 spiro atoms. The van der Waals surface area contributed by atoms with Crippen LogP contribution in [0.3, 0.4) is 0 Å². The van der Waals surface area contributed by atoms with Crippen molar-refractivity contribution in [1.82, 2.24) is 0 Å². The van der Waals surface area contributed by atoms with Gasteiger partial charge in [0.15, 0.2) is 0 Å². The average molecular weight is 200 g/mol. The summed E-state index contributed by atoms with van der Waals surface area (Å²) in [5.41, 5.74) is -2.10. The normalized spacial score (nSPS) is 13.5. The van der Waals surface area contributed by atoms with Crippen molar-refractivity contribution < 1.29 is 52.1 Å². The topological polar surface area (TPSA) is 90.6 Å². The van der Waals surface area contributed by atoms with Crippen molar-refractivity contribution in [3.05, 3.63) is 24.2 Å². The summed E-state index contributed by atoms with van der Waals surface area (Å²) in [5.74, 6) is -0.264. The zero-order valence-electron chi connectivity index (χ0n) is 6.30. The third-order valence-electron chi connectivity index (χ3n) is 1.06. The second-order valence-electron chi connectivity index (χ2n) is 1.86. The van der Waals surface area contributed by atoms with Crippen molar-refractivity contribution in [3.8, 4) is 0 Å². The molecule has 0 aromatic carbocycles. The Morgan fingerprint density at radius 1 is 1.58 bits per heavy atom. The zero-order chi connectivity index (χ0) is 8.48. The Bertz CT molecular complexity index is 316. The maximum Gasteiger partial charge on any atom is 1.00 e. The van der Waals surface area contributed by atoms with Gasteiger partial charge in [-0.25, -0.2) is 8.42 Å². The molecule has 5 nitrogen and oxygen atoms in total. The van der Waals surface area contributed by atoms with Gasteiger partial charge in [0.1, 0.15) is 15.9 Å². The van der Waals surface area contributed by atoms with Crippen LogP contribution in [0.2, 0.25) is 0 Å². The van der Waals surface area contributed by atoms with Crippen molar-refractivity contribution in [3.63, 3.8) is 0 Å². The van der Waals surface area contributed by atoms with Crippen molar-refractivity contribution in [2.75, 3.05) is 0 Å². The molecule has 0 saturated heterocycles. The standard InChI is InChI=1S/C5H6O5S.Na/c6-5(11(7,8)9)4-2-1-3-10-4;/h1-3,5-6H,(H,7,8,9);/q;+1/p-1. The van der Waals surface area contributed by atoms with Gasteiger partial charge in [0.2, 0.25) is 5.44 Å². The molecule has 12 heavy (non-hydrogen) atoms. The van der Waals surface area contributed by atoms with Gasteiger partial charge < -0.3 is 14.1 Å². The fourth-order valence-electron chi connectivity index (χ4n) is 0.574. The number of rotatable bonds is 2. The van der Waals surface area contributed by atoms with E-state index in [9.17, 15) is 13.0 Å². The van der Waals surface area contributed by atoms with Crippen LogP contribution in [0.15, 0.2) is 22.8 Å². The number of hydrogen-bond acceptors (Lipinski definition) is 5. The van der Waals surface area contributed by atoms with Gasteiger partial charge in [-0.3, -0.25) is 0 Å². The summed E-state index contributed by atoms with van der Waals surface area (Å²) in [7, 11) is -4.71. The maximum absolute atomic E-state index is 10.2. The van der Waals surface area contributed by atoms with Crippen LogP contribution in [-0.4, -0.2) is 18.1 Å². The molecule has 1 unspecified atom stereocenters. The SMILES string of the molecule is O=S(=O)([O-])C(O)c1ccco1.[Na+]. The molecule has 0 fully saturated rings. The monoisotopic (exact) mass is 200 g/mol. The first-order valence-electron chi connectivity index (χ1n) is 2.68. The molecule has 0 saturated carbocycles. The molecule has 1 aromatic rings. The van der Waals surface area contributed by atoms with Crippen LogP contribution in [0.1, 0.15) is 11.2 Å². The Morgan fingerprint density at radius 3 is 2.50 bits per heavy atom. The largest absolute Gasteiger partial charge is 1.00 e. The Labute approximate surface area is 91.4 Å². The van der Waals surface area contributed by atoms with Crippen LogP contribution in [-0.2, 0) is 10.1 Å². The van der Waals surface area contributed by atoms with E-state index < -0.39 is 15.6 Å². The van der Waals surface area contributed by atoms with E-state index in [0.29, 0.717) is 0 Å². The van der Waals surface area contributed by atoms with Crippen LogP contribution < -0.4 is 29.6 Å². The summed E-state index contributed by atoms with van der Waals surface area (Å²) in [4.78, 5) is 0. The van der Waals surface area contributed by atoms with E-state index >= 15 is 0 Å². The van der Waals surface area contributed by atoms with E-state index in [-0.39, 0.29) is 35.3 Å². The maximum atomic E-state index is 10.2. The zero-order valence-corrected chi connectivity index (χ0v) is 9.11. The van der Waals surface area contributed by atoms with Crippen molar-refractivity contribution in [1.29, 1.82) is 0 Å². The van der Waals surface area contributed by atoms with Crippen LogP contribution in [0.4, 0.5) is 0 Å². The van der Waals surface area contributed by atoms with Crippen molar-refractivity contribution >= 4 is 10.1 Å². The molecule has 1 atom stereocenters. The first-order chi connectivity index (χ1) is 5.02. The predicted octanol–water partition coefficient (Wildman–Crippen LogP) is -3.18. The van der Waals surface area contributed by atoms with Gasteiger partial charge in [-0.15, -0.1) is 0 Å². The molecule has 0 aliphatic rings. The van der Waals surface area contributed by atoms with Gasteiger partial charge in [-0.05, 0) is 12.1 Å². The summed E-state index contributed by atoms with van der Waals surface area (Å²) in [5, 5.41) is 8.75. The molecule has 0 radical (unpaired) electrons. The third kappa shape index (κ3) is 2.89. The Hall–Kier alpha value is 0.150. The minimum absolute atomic E-state index is 0. The van der Waals surface area contributed by atoms with Gasteiger partial charge >= 0.3 is 29.6 Å². The second-order valence-corrected chi connectivity index (χ2v) is 3.29. The molecule has 0 bridgehead atoms. The van der Waals surface area contributed by atoms with Gasteiger partial charge in [-0.2, -0.15) is 0 Å². The van der Waals surface area contributed by atoms with Crippen molar-refractivity contribution in [2.45, 2.75) is 5.44 Å². The Balaban J connectivity index is 0.00000121. The molecule has 62 valence electrons. The van der Waals surface area contributed by atoms with E-state index in [0.717, 1.165) is 0 Å². The van der Waals surface area contributed by atoms with E-state index in [4.69, 9.17) is 5.11 Å². The summed E-state index contributed by atoms with van der Waals surface area (Å²) in [6.45, 7) is 0. The quantitative estimate of drug-likeness (QED) is 0.401. The number of furan rings is 1. The van der Waals surface area contributed by atoms with Gasteiger partial charge in [0, 0.05) is 0 Å². The molecule has 1 N–H and O–H groups in total. The minimum Gasteiger partial charge on any atom is -0.746 e. The van der Waals surface area contributed by atoms with Crippen LogP contribution in [0.5, 0.6) is 0 Å². The fraction of sp³-hybridized carbons (Fsp3) is 0.200. The van der Waals surface area contributed by atoms with Gasteiger partial charge in [0.25, 0.3) is 0 Å². The minimum atomic E-state index is -4.71. The summed E-state index contributed by atoms with van der Waals surface area (Å²) in [6, 6.07) is 2.59. The number of hydrogen-bond donors (Lipinski definition) is 1. The number of aliphatic hydroxyl groups excluding tert-OH is 1.